The van der Waals surface area contributed by atoms with E-state index in [1.165, 1.54) is 36.4 Å². The van der Waals surface area contributed by atoms with E-state index in [9.17, 15) is 22.7 Å². The van der Waals surface area contributed by atoms with E-state index in [1.807, 2.05) is 0 Å². The highest BCUT2D eigenvalue weighted by Crippen LogP contribution is 2.26. The van der Waals surface area contributed by atoms with E-state index < -0.39 is 21.8 Å². The number of carboxylic acid groups (broad SMARTS) is 1. The van der Waals surface area contributed by atoms with Crippen molar-refractivity contribution in [3.05, 3.63) is 88.2 Å². The molecule has 0 saturated heterocycles. The average molecular weight is 478 g/mol. The molecule has 0 aliphatic rings. The normalized spacial score (nSPS) is 11.3. The molecule has 3 aromatic rings. The Morgan fingerprint density at radius 3 is 2.38 bits per heavy atom. The molecule has 168 valence electrons. The number of carbonyl (C=O) groups is 1. The third-order valence-electron chi connectivity index (χ3n) is 4.76. The molecule has 0 heterocycles. The van der Waals surface area contributed by atoms with Crippen LogP contribution >= 0.6 is 11.6 Å². The Bertz CT molecular complexity index is 1230. The van der Waals surface area contributed by atoms with Gasteiger partial charge in [0.15, 0.2) is 0 Å². The molecule has 0 spiro atoms. The fourth-order valence-electron chi connectivity index (χ4n) is 3.04. The van der Waals surface area contributed by atoms with Gasteiger partial charge in [0.05, 0.1) is 15.5 Å². The molecule has 0 unspecified atom stereocenters. The Balaban J connectivity index is 1.60. The van der Waals surface area contributed by atoms with Crippen LogP contribution in [0.1, 0.15) is 28.4 Å². The molecule has 3 rings (SSSR count). The quantitative estimate of drug-likeness (QED) is 0.449. The van der Waals surface area contributed by atoms with Crippen LogP contribution in [-0.2, 0) is 22.9 Å². The van der Waals surface area contributed by atoms with Crippen molar-refractivity contribution in [1.29, 1.82) is 0 Å². The molecule has 32 heavy (non-hydrogen) atoms. The van der Waals surface area contributed by atoms with E-state index >= 15 is 0 Å². The number of benzene rings is 3. The Labute approximate surface area is 190 Å². The summed E-state index contributed by atoms with van der Waals surface area (Å²) in [6.07, 6.45) is 0.907. The molecule has 6 nitrogen and oxygen atoms in total. The lowest BCUT2D eigenvalue weighted by Crippen LogP contribution is -2.26. The molecule has 0 aromatic heterocycles. The van der Waals surface area contributed by atoms with Crippen molar-refractivity contribution in [3.8, 4) is 11.5 Å². The minimum absolute atomic E-state index is 0.0200. The predicted molar refractivity (Wildman–Crippen MR) is 120 cm³/mol. The van der Waals surface area contributed by atoms with Gasteiger partial charge in [0.25, 0.3) is 0 Å². The molecule has 0 aliphatic carbocycles. The van der Waals surface area contributed by atoms with Gasteiger partial charge in [-0.3, -0.25) is 0 Å². The van der Waals surface area contributed by atoms with Gasteiger partial charge < -0.3 is 9.84 Å². The number of rotatable bonds is 9. The van der Waals surface area contributed by atoms with Gasteiger partial charge in [0, 0.05) is 12.6 Å². The number of aryl methyl sites for hydroxylation is 1. The number of sulfonamides is 1. The Morgan fingerprint density at radius 2 is 1.75 bits per heavy atom. The van der Waals surface area contributed by atoms with E-state index in [2.05, 4.69) is 4.72 Å². The van der Waals surface area contributed by atoms with E-state index in [4.69, 9.17) is 16.3 Å². The molecule has 0 atom stereocenters. The topological polar surface area (TPSA) is 92.7 Å². The van der Waals surface area contributed by atoms with Gasteiger partial charge in [-0.2, -0.15) is 0 Å². The third kappa shape index (κ3) is 5.85. The minimum atomic E-state index is -3.85. The maximum atomic E-state index is 13.2. The lowest BCUT2D eigenvalue weighted by molar-refractivity contribution is 0.0695. The highest BCUT2D eigenvalue weighted by Gasteiger charge is 2.18. The Morgan fingerprint density at radius 1 is 1.06 bits per heavy atom. The van der Waals surface area contributed by atoms with Gasteiger partial charge in [-0.1, -0.05) is 36.7 Å². The lowest BCUT2D eigenvalue weighted by atomic mass is 10.1. The van der Waals surface area contributed by atoms with E-state index in [1.54, 1.807) is 31.2 Å². The van der Waals surface area contributed by atoms with Crippen LogP contribution in [-0.4, -0.2) is 26.0 Å². The van der Waals surface area contributed by atoms with Gasteiger partial charge >= 0.3 is 5.97 Å². The van der Waals surface area contributed by atoms with Crippen molar-refractivity contribution >= 4 is 27.6 Å². The summed E-state index contributed by atoms with van der Waals surface area (Å²) < 4.78 is 46.4. The first-order chi connectivity index (χ1) is 15.2. The fourth-order valence-corrected chi connectivity index (χ4v) is 4.27. The minimum Gasteiger partial charge on any atom is -0.478 e. The molecule has 3 aromatic carbocycles. The van der Waals surface area contributed by atoms with Crippen molar-refractivity contribution < 1.29 is 27.4 Å². The van der Waals surface area contributed by atoms with Crippen LogP contribution in [0.5, 0.6) is 11.5 Å². The van der Waals surface area contributed by atoms with Crippen molar-refractivity contribution in [2.45, 2.75) is 24.7 Å². The SMILES string of the molecule is CCc1ccc(S(=O)(=O)NCCc2ccc(Oc3ccc(F)c(Cl)c3)cc2)cc1C(=O)O. The van der Waals surface area contributed by atoms with Crippen LogP contribution in [0.2, 0.25) is 5.02 Å². The number of carboxylic acids is 1. The summed E-state index contributed by atoms with van der Waals surface area (Å²) in [6.45, 7) is 1.94. The van der Waals surface area contributed by atoms with Crippen LogP contribution < -0.4 is 9.46 Å². The number of hydrogen-bond acceptors (Lipinski definition) is 4. The molecule has 0 aliphatic heterocycles. The molecule has 0 amide bonds. The van der Waals surface area contributed by atoms with Crippen LogP contribution in [0, 0.1) is 5.82 Å². The molecule has 0 fully saturated rings. The molecular weight excluding hydrogens is 457 g/mol. The van der Waals surface area contributed by atoms with Gasteiger partial charge in [-0.25, -0.2) is 22.3 Å². The average Bonchev–Trinajstić information content (AvgIpc) is 2.77. The van der Waals surface area contributed by atoms with Crippen LogP contribution in [0.3, 0.4) is 0 Å². The summed E-state index contributed by atoms with van der Waals surface area (Å²) in [4.78, 5) is 11.3. The highest BCUT2D eigenvalue weighted by molar-refractivity contribution is 7.89. The van der Waals surface area contributed by atoms with Crippen molar-refractivity contribution in [3.63, 3.8) is 0 Å². The molecule has 0 radical (unpaired) electrons. The van der Waals surface area contributed by atoms with E-state index in [0.29, 0.717) is 29.9 Å². The predicted octanol–water partition coefficient (Wildman–Crippen LogP) is 5.05. The van der Waals surface area contributed by atoms with Crippen molar-refractivity contribution in [2.24, 2.45) is 0 Å². The van der Waals surface area contributed by atoms with Crippen LogP contribution in [0.25, 0.3) is 0 Å². The largest absolute Gasteiger partial charge is 0.478 e. The summed E-state index contributed by atoms with van der Waals surface area (Å²) in [5.74, 6) is -0.776. The smallest absolute Gasteiger partial charge is 0.336 e. The Hall–Kier alpha value is -2.94. The second-order valence-corrected chi connectivity index (χ2v) is 9.12. The Kier molecular flexibility index (Phi) is 7.50. The zero-order chi connectivity index (χ0) is 23.3. The summed E-state index contributed by atoms with van der Waals surface area (Å²) in [6, 6.07) is 15.2. The molecule has 2 N–H and O–H groups in total. The first-order valence-corrected chi connectivity index (χ1v) is 11.6. The molecule has 0 saturated carbocycles. The number of halogens is 2. The zero-order valence-corrected chi connectivity index (χ0v) is 18.7. The van der Waals surface area contributed by atoms with Gasteiger partial charge in [0.1, 0.15) is 17.3 Å². The van der Waals surface area contributed by atoms with Crippen molar-refractivity contribution in [2.75, 3.05) is 6.54 Å². The zero-order valence-electron chi connectivity index (χ0n) is 17.1. The highest BCUT2D eigenvalue weighted by atomic mass is 35.5. The van der Waals surface area contributed by atoms with Crippen LogP contribution in [0.4, 0.5) is 4.39 Å². The van der Waals surface area contributed by atoms with Gasteiger partial charge in [-0.15, -0.1) is 0 Å². The first-order valence-electron chi connectivity index (χ1n) is 9.77. The first kappa shape index (κ1) is 23.7. The monoisotopic (exact) mass is 477 g/mol. The standard InChI is InChI=1S/C23H21ClFNO5S/c1-2-16-5-9-19(14-20(16)23(27)28)32(29,30)26-12-11-15-3-6-17(7-4-15)31-18-8-10-22(25)21(24)13-18/h3-10,13-14,26H,2,11-12H2,1H3,(H,27,28). The van der Waals surface area contributed by atoms with Gasteiger partial charge in [0.2, 0.25) is 10.0 Å². The summed E-state index contributed by atoms with van der Waals surface area (Å²) in [5.41, 5.74) is 1.42. The van der Waals surface area contributed by atoms with Gasteiger partial charge in [-0.05, 0) is 60.4 Å². The lowest BCUT2D eigenvalue weighted by Gasteiger charge is -2.10. The fraction of sp³-hybridized carbons (Fsp3) is 0.174. The second kappa shape index (κ2) is 10.1. The summed E-state index contributed by atoms with van der Waals surface area (Å²) >= 11 is 5.74. The second-order valence-electron chi connectivity index (χ2n) is 6.95. The summed E-state index contributed by atoms with van der Waals surface area (Å²) in [7, 11) is -3.85. The van der Waals surface area contributed by atoms with E-state index in [0.717, 1.165) is 5.56 Å². The molecule has 0 bridgehead atoms. The van der Waals surface area contributed by atoms with Crippen LogP contribution in [0.15, 0.2) is 65.6 Å². The molecule has 9 heteroatoms. The number of nitrogens with one attached hydrogen (secondary N) is 1. The van der Waals surface area contributed by atoms with E-state index in [-0.39, 0.29) is 22.0 Å². The maximum absolute atomic E-state index is 13.2. The third-order valence-corrected chi connectivity index (χ3v) is 6.51. The maximum Gasteiger partial charge on any atom is 0.336 e. The number of hydrogen-bond donors (Lipinski definition) is 2. The number of aromatic carboxylic acids is 1. The molecular formula is C23H21ClFNO5S. The van der Waals surface area contributed by atoms with Crippen molar-refractivity contribution in [1.82, 2.24) is 4.72 Å². The summed E-state index contributed by atoms with van der Waals surface area (Å²) in [5, 5.41) is 9.27. The number of ether oxygens (including phenoxy) is 1.